The van der Waals surface area contributed by atoms with Crippen LogP contribution in [0.1, 0.15) is 31.4 Å². The highest BCUT2D eigenvalue weighted by Crippen LogP contribution is 2.30. The van der Waals surface area contributed by atoms with E-state index >= 15 is 0 Å². The van der Waals surface area contributed by atoms with Gasteiger partial charge in [0, 0.05) is 19.0 Å². The second-order valence-corrected chi connectivity index (χ2v) is 4.24. The SMILES string of the molecule is CCN1C(=O)CCC(N)C1c1ccccc1. The molecule has 3 heteroatoms. The van der Waals surface area contributed by atoms with Gasteiger partial charge in [0.05, 0.1) is 6.04 Å². The fourth-order valence-electron chi connectivity index (χ4n) is 2.43. The summed E-state index contributed by atoms with van der Waals surface area (Å²) in [4.78, 5) is 13.7. The zero-order valence-corrected chi connectivity index (χ0v) is 9.60. The third kappa shape index (κ3) is 1.95. The number of hydrogen-bond donors (Lipinski definition) is 1. The predicted octanol–water partition coefficient (Wildman–Crippen LogP) is 1.70. The summed E-state index contributed by atoms with van der Waals surface area (Å²) in [5.41, 5.74) is 7.29. The van der Waals surface area contributed by atoms with E-state index in [4.69, 9.17) is 5.73 Å². The Hall–Kier alpha value is -1.35. The number of nitrogens with two attached hydrogens (primary N) is 1. The van der Waals surface area contributed by atoms with E-state index in [0.29, 0.717) is 6.42 Å². The van der Waals surface area contributed by atoms with Crippen LogP contribution in [-0.4, -0.2) is 23.4 Å². The van der Waals surface area contributed by atoms with Gasteiger partial charge in [0.2, 0.25) is 5.91 Å². The number of carbonyl (C=O) groups excluding carboxylic acids is 1. The molecule has 3 nitrogen and oxygen atoms in total. The molecule has 0 spiro atoms. The smallest absolute Gasteiger partial charge is 0.223 e. The van der Waals surface area contributed by atoms with Crippen molar-refractivity contribution < 1.29 is 4.79 Å². The molecule has 2 atom stereocenters. The fraction of sp³-hybridized carbons (Fsp3) is 0.462. The number of hydrogen-bond acceptors (Lipinski definition) is 2. The zero-order valence-electron chi connectivity index (χ0n) is 9.60. The molecule has 1 aromatic carbocycles. The summed E-state index contributed by atoms with van der Waals surface area (Å²) < 4.78 is 0. The van der Waals surface area contributed by atoms with Crippen molar-refractivity contribution in [3.8, 4) is 0 Å². The first kappa shape index (κ1) is 11.1. The van der Waals surface area contributed by atoms with Crippen molar-refractivity contribution in [3.63, 3.8) is 0 Å². The van der Waals surface area contributed by atoms with Gasteiger partial charge in [-0.25, -0.2) is 0 Å². The van der Waals surface area contributed by atoms with Gasteiger partial charge < -0.3 is 10.6 Å². The van der Waals surface area contributed by atoms with E-state index in [9.17, 15) is 4.79 Å². The van der Waals surface area contributed by atoms with Gasteiger partial charge in [-0.1, -0.05) is 30.3 Å². The molecule has 2 N–H and O–H groups in total. The van der Waals surface area contributed by atoms with E-state index in [1.54, 1.807) is 0 Å². The number of carbonyl (C=O) groups is 1. The molecule has 1 aromatic rings. The minimum Gasteiger partial charge on any atom is -0.334 e. The normalized spacial score (nSPS) is 25.9. The topological polar surface area (TPSA) is 46.3 Å². The Kier molecular flexibility index (Phi) is 3.25. The van der Waals surface area contributed by atoms with Gasteiger partial charge in [-0.2, -0.15) is 0 Å². The monoisotopic (exact) mass is 218 g/mol. The van der Waals surface area contributed by atoms with E-state index < -0.39 is 0 Å². The number of likely N-dealkylation sites (N-methyl/N-ethyl adjacent to an activating group) is 1. The molecule has 1 saturated heterocycles. The molecule has 0 aliphatic carbocycles. The van der Waals surface area contributed by atoms with E-state index in [1.165, 1.54) is 0 Å². The molecule has 0 aromatic heterocycles. The Balaban J connectivity index is 2.31. The van der Waals surface area contributed by atoms with Crippen molar-refractivity contribution in [3.05, 3.63) is 35.9 Å². The summed E-state index contributed by atoms with van der Waals surface area (Å²) in [6.45, 7) is 2.73. The van der Waals surface area contributed by atoms with Crippen LogP contribution < -0.4 is 5.73 Å². The Morgan fingerprint density at radius 2 is 2.06 bits per heavy atom. The highest BCUT2D eigenvalue weighted by Gasteiger charge is 2.33. The van der Waals surface area contributed by atoms with E-state index in [-0.39, 0.29) is 18.0 Å². The molecular weight excluding hydrogens is 200 g/mol. The quantitative estimate of drug-likeness (QED) is 0.821. The van der Waals surface area contributed by atoms with Crippen molar-refractivity contribution in [2.24, 2.45) is 5.73 Å². The molecule has 1 heterocycles. The minimum absolute atomic E-state index is 0.0486. The van der Waals surface area contributed by atoms with E-state index in [0.717, 1.165) is 18.5 Å². The molecule has 1 amide bonds. The molecule has 86 valence electrons. The molecule has 16 heavy (non-hydrogen) atoms. The number of amides is 1. The van der Waals surface area contributed by atoms with Gasteiger partial charge in [0.1, 0.15) is 0 Å². The molecular formula is C13H18N2O. The lowest BCUT2D eigenvalue weighted by Gasteiger charge is -2.39. The summed E-state index contributed by atoms with van der Waals surface area (Å²) in [5, 5.41) is 0. The molecule has 2 rings (SSSR count). The van der Waals surface area contributed by atoms with E-state index in [2.05, 4.69) is 0 Å². The predicted molar refractivity (Wildman–Crippen MR) is 63.8 cm³/mol. The minimum atomic E-state index is 0.0486. The average Bonchev–Trinajstić information content (AvgIpc) is 2.33. The maximum Gasteiger partial charge on any atom is 0.223 e. The average molecular weight is 218 g/mol. The maximum atomic E-state index is 11.8. The van der Waals surface area contributed by atoms with Crippen molar-refractivity contribution in [1.29, 1.82) is 0 Å². The summed E-state index contributed by atoms with van der Waals surface area (Å²) in [7, 11) is 0. The lowest BCUT2D eigenvalue weighted by molar-refractivity contribution is -0.137. The van der Waals surface area contributed by atoms with Crippen LogP contribution in [0.4, 0.5) is 0 Å². The Morgan fingerprint density at radius 1 is 1.38 bits per heavy atom. The van der Waals surface area contributed by atoms with Gasteiger partial charge in [0.25, 0.3) is 0 Å². The van der Waals surface area contributed by atoms with Crippen LogP contribution in [0.3, 0.4) is 0 Å². The lowest BCUT2D eigenvalue weighted by atomic mass is 9.90. The van der Waals surface area contributed by atoms with Gasteiger partial charge in [-0.3, -0.25) is 4.79 Å². The van der Waals surface area contributed by atoms with Crippen LogP contribution in [0.2, 0.25) is 0 Å². The highest BCUT2D eigenvalue weighted by atomic mass is 16.2. The fourth-order valence-corrected chi connectivity index (χ4v) is 2.43. The number of rotatable bonds is 2. The van der Waals surface area contributed by atoms with Crippen LogP contribution in [0.15, 0.2) is 30.3 Å². The van der Waals surface area contributed by atoms with Crippen molar-refractivity contribution >= 4 is 5.91 Å². The number of nitrogens with zero attached hydrogens (tertiary/aromatic N) is 1. The first-order valence-electron chi connectivity index (χ1n) is 5.84. The third-order valence-electron chi connectivity index (χ3n) is 3.23. The van der Waals surface area contributed by atoms with Gasteiger partial charge in [0.15, 0.2) is 0 Å². The van der Waals surface area contributed by atoms with Crippen molar-refractivity contribution in [2.75, 3.05) is 6.54 Å². The third-order valence-corrected chi connectivity index (χ3v) is 3.23. The second kappa shape index (κ2) is 4.66. The van der Waals surface area contributed by atoms with Gasteiger partial charge in [-0.05, 0) is 18.9 Å². The zero-order chi connectivity index (χ0) is 11.5. The van der Waals surface area contributed by atoms with Crippen molar-refractivity contribution in [1.82, 2.24) is 4.90 Å². The molecule has 0 bridgehead atoms. The number of piperidine rings is 1. The van der Waals surface area contributed by atoms with Crippen LogP contribution in [-0.2, 0) is 4.79 Å². The first-order valence-corrected chi connectivity index (χ1v) is 5.84. The van der Waals surface area contributed by atoms with Gasteiger partial charge in [-0.15, -0.1) is 0 Å². The van der Waals surface area contributed by atoms with Crippen LogP contribution in [0.5, 0.6) is 0 Å². The molecule has 2 unspecified atom stereocenters. The Labute approximate surface area is 96.2 Å². The number of likely N-dealkylation sites (tertiary alicyclic amines) is 1. The Morgan fingerprint density at radius 3 is 2.69 bits per heavy atom. The summed E-state index contributed by atoms with van der Waals surface area (Å²) in [6, 6.07) is 10.2. The van der Waals surface area contributed by atoms with Crippen LogP contribution >= 0.6 is 0 Å². The Bertz CT molecular complexity index is 363. The van der Waals surface area contributed by atoms with Crippen molar-refractivity contribution in [2.45, 2.75) is 31.8 Å². The molecule has 1 aliphatic heterocycles. The number of benzene rings is 1. The first-order chi connectivity index (χ1) is 7.74. The summed E-state index contributed by atoms with van der Waals surface area (Å²) >= 11 is 0. The summed E-state index contributed by atoms with van der Waals surface area (Å²) in [5.74, 6) is 0.220. The second-order valence-electron chi connectivity index (χ2n) is 4.24. The van der Waals surface area contributed by atoms with Crippen LogP contribution in [0, 0.1) is 0 Å². The molecule has 1 aliphatic rings. The van der Waals surface area contributed by atoms with Crippen LogP contribution in [0.25, 0.3) is 0 Å². The standard InChI is InChI=1S/C13H18N2O/c1-2-15-12(16)9-8-11(14)13(15)10-6-4-3-5-7-10/h3-7,11,13H,2,8-9,14H2,1H3. The lowest BCUT2D eigenvalue weighted by Crippen LogP contribution is -2.48. The highest BCUT2D eigenvalue weighted by molar-refractivity contribution is 5.77. The van der Waals surface area contributed by atoms with E-state index in [1.807, 2.05) is 42.2 Å². The van der Waals surface area contributed by atoms with Gasteiger partial charge >= 0.3 is 0 Å². The largest absolute Gasteiger partial charge is 0.334 e. The molecule has 1 fully saturated rings. The molecule has 0 radical (unpaired) electrons. The summed E-state index contributed by atoms with van der Waals surface area (Å²) in [6.07, 6.45) is 1.37. The molecule has 0 saturated carbocycles. The maximum absolute atomic E-state index is 11.8.